The summed E-state index contributed by atoms with van der Waals surface area (Å²) in [5.74, 6) is 1.27. The SMILES string of the molecule is CCc1ccccc1Nc1nc(N)nc(CN(C)Cc2cnn(-c3ccccc3)c2)n1. The first kappa shape index (κ1) is 20.5. The summed E-state index contributed by atoms with van der Waals surface area (Å²) >= 11 is 0. The monoisotopic (exact) mass is 414 g/mol. The van der Waals surface area contributed by atoms with Crippen molar-refractivity contribution in [3.8, 4) is 5.69 Å². The number of para-hydroxylation sites is 2. The lowest BCUT2D eigenvalue weighted by molar-refractivity contribution is 0.310. The van der Waals surface area contributed by atoms with Gasteiger partial charge in [0.1, 0.15) is 5.82 Å². The number of benzene rings is 2. The maximum absolute atomic E-state index is 5.95. The van der Waals surface area contributed by atoms with E-state index in [0.717, 1.165) is 23.4 Å². The van der Waals surface area contributed by atoms with Gasteiger partial charge >= 0.3 is 0 Å². The van der Waals surface area contributed by atoms with Gasteiger partial charge in [0.05, 0.1) is 18.4 Å². The van der Waals surface area contributed by atoms with Crippen molar-refractivity contribution < 1.29 is 0 Å². The van der Waals surface area contributed by atoms with Crippen LogP contribution in [0.15, 0.2) is 67.0 Å². The predicted octanol–water partition coefficient (Wildman–Crippen LogP) is 3.58. The zero-order chi connectivity index (χ0) is 21.6. The lowest BCUT2D eigenvalue weighted by atomic mass is 10.1. The number of nitrogens with one attached hydrogen (secondary N) is 1. The maximum atomic E-state index is 5.95. The summed E-state index contributed by atoms with van der Waals surface area (Å²) in [6.45, 7) is 3.36. The number of nitrogens with two attached hydrogens (primary N) is 1. The largest absolute Gasteiger partial charge is 0.368 e. The molecular formula is C23H26N8. The Morgan fingerprint density at radius 1 is 0.968 bits per heavy atom. The molecule has 2 aromatic carbocycles. The Morgan fingerprint density at radius 2 is 1.74 bits per heavy atom. The first-order chi connectivity index (χ1) is 15.1. The molecule has 0 unspecified atom stereocenters. The van der Waals surface area contributed by atoms with E-state index in [1.54, 1.807) is 0 Å². The Hall–Kier alpha value is -3.78. The third-order valence-corrected chi connectivity index (χ3v) is 4.86. The van der Waals surface area contributed by atoms with Gasteiger partial charge in [-0.2, -0.15) is 20.1 Å². The van der Waals surface area contributed by atoms with Crippen LogP contribution in [0.4, 0.5) is 17.6 Å². The number of aryl methyl sites for hydroxylation is 1. The van der Waals surface area contributed by atoms with Gasteiger partial charge in [-0.1, -0.05) is 43.3 Å². The molecule has 0 amide bonds. The van der Waals surface area contributed by atoms with Crippen LogP contribution in [0.5, 0.6) is 0 Å². The second kappa shape index (κ2) is 9.36. The molecule has 158 valence electrons. The van der Waals surface area contributed by atoms with Gasteiger partial charge in [0.15, 0.2) is 0 Å². The van der Waals surface area contributed by atoms with Gasteiger partial charge in [-0.05, 0) is 37.2 Å². The highest BCUT2D eigenvalue weighted by molar-refractivity contribution is 5.58. The van der Waals surface area contributed by atoms with E-state index < -0.39 is 0 Å². The lowest BCUT2D eigenvalue weighted by Gasteiger charge is -2.15. The van der Waals surface area contributed by atoms with Crippen LogP contribution >= 0.6 is 0 Å². The minimum atomic E-state index is 0.201. The van der Waals surface area contributed by atoms with E-state index >= 15 is 0 Å². The van der Waals surface area contributed by atoms with Gasteiger partial charge in [-0.3, -0.25) is 4.90 Å². The summed E-state index contributed by atoms with van der Waals surface area (Å²) in [5.41, 5.74) is 10.2. The molecule has 2 aromatic heterocycles. The average Bonchev–Trinajstić information content (AvgIpc) is 3.22. The zero-order valence-corrected chi connectivity index (χ0v) is 17.7. The Kier molecular flexibility index (Phi) is 6.18. The maximum Gasteiger partial charge on any atom is 0.232 e. The quantitative estimate of drug-likeness (QED) is 0.455. The molecule has 8 heteroatoms. The molecule has 0 aliphatic carbocycles. The van der Waals surface area contributed by atoms with Crippen molar-refractivity contribution in [2.75, 3.05) is 18.1 Å². The van der Waals surface area contributed by atoms with Crippen LogP contribution in [0.2, 0.25) is 0 Å². The highest BCUT2D eigenvalue weighted by atomic mass is 15.3. The van der Waals surface area contributed by atoms with Crippen LogP contribution in [0.3, 0.4) is 0 Å². The molecule has 0 saturated carbocycles. The van der Waals surface area contributed by atoms with Crippen LogP contribution in [0.25, 0.3) is 5.69 Å². The highest BCUT2D eigenvalue weighted by Gasteiger charge is 2.11. The van der Waals surface area contributed by atoms with Crippen molar-refractivity contribution in [3.05, 3.63) is 83.9 Å². The number of nitrogens with zero attached hydrogens (tertiary/aromatic N) is 6. The molecule has 0 aliphatic rings. The standard InChI is InChI=1S/C23H26N8/c1-3-18-9-7-8-12-20(18)26-23-28-21(27-22(24)29-23)16-30(2)14-17-13-25-31(15-17)19-10-5-4-6-11-19/h4-13,15H,3,14,16H2,1-2H3,(H3,24,26,27,28,29). The van der Waals surface area contributed by atoms with Crippen molar-refractivity contribution in [2.24, 2.45) is 0 Å². The summed E-state index contributed by atoms with van der Waals surface area (Å²) in [4.78, 5) is 15.2. The molecule has 0 saturated heterocycles. The van der Waals surface area contributed by atoms with Crippen molar-refractivity contribution in [2.45, 2.75) is 26.4 Å². The van der Waals surface area contributed by atoms with Crippen LogP contribution < -0.4 is 11.1 Å². The molecule has 0 fully saturated rings. The molecule has 0 bridgehead atoms. The first-order valence-electron chi connectivity index (χ1n) is 10.2. The first-order valence-corrected chi connectivity index (χ1v) is 10.2. The van der Waals surface area contributed by atoms with E-state index in [1.807, 2.05) is 72.7 Å². The van der Waals surface area contributed by atoms with Crippen molar-refractivity contribution in [1.29, 1.82) is 0 Å². The van der Waals surface area contributed by atoms with E-state index in [9.17, 15) is 0 Å². The second-order valence-corrected chi connectivity index (χ2v) is 7.37. The van der Waals surface area contributed by atoms with E-state index in [2.05, 4.69) is 43.3 Å². The normalized spacial score (nSPS) is 11.1. The predicted molar refractivity (Wildman–Crippen MR) is 122 cm³/mol. The molecule has 4 aromatic rings. The third-order valence-electron chi connectivity index (χ3n) is 4.86. The lowest BCUT2D eigenvalue weighted by Crippen LogP contribution is -2.20. The van der Waals surface area contributed by atoms with Crippen molar-refractivity contribution >= 4 is 17.6 Å². The minimum Gasteiger partial charge on any atom is -0.368 e. The van der Waals surface area contributed by atoms with E-state index in [1.165, 1.54) is 5.56 Å². The molecule has 31 heavy (non-hydrogen) atoms. The summed E-state index contributed by atoms with van der Waals surface area (Å²) in [6.07, 6.45) is 4.82. The van der Waals surface area contributed by atoms with Gasteiger partial charge < -0.3 is 11.1 Å². The van der Waals surface area contributed by atoms with Crippen LogP contribution in [-0.2, 0) is 19.5 Å². The molecular weight excluding hydrogens is 388 g/mol. The summed E-state index contributed by atoms with van der Waals surface area (Å²) in [5, 5.41) is 7.73. The summed E-state index contributed by atoms with van der Waals surface area (Å²) < 4.78 is 1.87. The average molecular weight is 415 g/mol. The number of anilines is 3. The topological polar surface area (TPSA) is 97.8 Å². The van der Waals surface area contributed by atoms with Crippen LogP contribution in [0.1, 0.15) is 23.9 Å². The highest BCUT2D eigenvalue weighted by Crippen LogP contribution is 2.19. The molecule has 2 heterocycles. The van der Waals surface area contributed by atoms with Gasteiger partial charge in [0.25, 0.3) is 0 Å². The van der Waals surface area contributed by atoms with Crippen molar-refractivity contribution in [1.82, 2.24) is 29.6 Å². The fourth-order valence-corrected chi connectivity index (χ4v) is 3.41. The van der Waals surface area contributed by atoms with E-state index in [0.29, 0.717) is 24.9 Å². The van der Waals surface area contributed by atoms with Gasteiger partial charge in [-0.15, -0.1) is 0 Å². The Morgan fingerprint density at radius 3 is 2.55 bits per heavy atom. The Balaban J connectivity index is 1.44. The molecule has 0 radical (unpaired) electrons. The smallest absolute Gasteiger partial charge is 0.232 e. The second-order valence-electron chi connectivity index (χ2n) is 7.37. The van der Waals surface area contributed by atoms with Gasteiger partial charge in [-0.25, -0.2) is 4.68 Å². The van der Waals surface area contributed by atoms with Crippen LogP contribution in [-0.4, -0.2) is 36.7 Å². The molecule has 0 spiro atoms. The molecule has 0 atom stereocenters. The van der Waals surface area contributed by atoms with E-state index in [-0.39, 0.29) is 5.95 Å². The zero-order valence-electron chi connectivity index (χ0n) is 17.7. The van der Waals surface area contributed by atoms with E-state index in [4.69, 9.17) is 5.73 Å². The number of hydrogen-bond acceptors (Lipinski definition) is 7. The molecule has 0 aliphatic heterocycles. The summed E-state index contributed by atoms with van der Waals surface area (Å²) in [7, 11) is 2.01. The fourth-order valence-electron chi connectivity index (χ4n) is 3.41. The van der Waals surface area contributed by atoms with Gasteiger partial charge in [0, 0.05) is 24.0 Å². The number of nitrogen functional groups attached to an aromatic ring is 1. The Bertz CT molecular complexity index is 1140. The fraction of sp³-hybridized carbons (Fsp3) is 0.217. The number of hydrogen-bond donors (Lipinski definition) is 2. The number of aromatic nitrogens is 5. The molecule has 4 rings (SSSR count). The third kappa shape index (κ3) is 5.23. The molecule has 3 N–H and O–H groups in total. The Labute approximate surface area is 181 Å². The summed E-state index contributed by atoms with van der Waals surface area (Å²) in [6, 6.07) is 18.1. The minimum absolute atomic E-state index is 0.201. The van der Waals surface area contributed by atoms with Gasteiger partial charge in [0.2, 0.25) is 11.9 Å². The molecule has 8 nitrogen and oxygen atoms in total. The van der Waals surface area contributed by atoms with Crippen molar-refractivity contribution in [3.63, 3.8) is 0 Å². The number of rotatable bonds is 8. The van der Waals surface area contributed by atoms with Crippen LogP contribution in [0, 0.1) is 0 Å².